The molecule has 1 aromatic carbocycles. The van der Waals surface area contributed by atoms with Gasteiger partial charge in [-0.05, 0) is 31.5 Å². The molecular weight excluding hydrogens is 433 g/mol. The van der Waals surface area contributed by atoms with E-state index in [2.05, 4.69) is 25.9 Å². The van der Waals surface area contributed by atoms with Crippen molar-refractivity contribution < 1.29 is 9.21 Å². The molecule has 0 saturated carbocycles. The number of aromatic nitrogens is 1. The zero-order valence-corrected chi connectivity index (χ0v) is 17.2. The number of oxazole rings is 1. The van der Waals surface area contributed by atoms with Gasteiger partial charge in [-0.15, -0.1) is 24.0 Å². The molecule has 136 valence electrons. The van der Waals surface area contributed by atoms with Crippen LogP contribution in [0.25, 0.3) is 0 Å². The number of carbonyl (C=O) groups excluding carboxylic acids is 1. The van der Waals surface area contributed by atoms with Gasteiger partial charge in [-0.3, -0.25) is 9.79 Å². The van der Waals surface area contributed by atoms with Gasteiger partial charge in [0.1, 0.15) is 5.76 Å². The van der Waals surface area contributed by atoms with Crippen molar-refractivity contribution >= 4 is 35.8 Å². The number of aryl methyl sites for hydroxylation is 2. The Morgan fingerprint density at radius 1 is 1.24 bits per heavy atom. The Bertz CT molecular complexity index is 723. The highest BCUT2D eigenvalue weighted by Crippen LogP contribution is 2.08. The van der Waals surface area contributed by atoms with Crippen molar-refractivity contribution in [1.29, 1.82) is 0 Å². The zero-order valence-electron chi connectivity index (χ0n) is 14.8. The molecule has 0 spiro atoms. The number of aliphatic imine (C=N–C) groups is 1. The lowest BCUT2D eigenvalue weighted by Crippen LogP contribution is -2.36. The van der Waals surface area contributed by atoms with Crippen molar-refractivity contribution in [3.05, 3.63) is 52.7 Å². The van der Waals surface area contributed by atoms with Gasteiger partial charge in [0, 0.05) is 26.2 Å². The molecule has 0 aliphatic carbocycles. The van der Waals surface area contributed by atoms with E-state index < -0.39 is 0 Å². The predicted octanol–water partition coefficient (Wildman–Crippen LogP) is 2.13. The van der Waals surface area contributed by atoms with Gasteiger partial charge in [-0.1, -0.05) is 12.1 Å². The van der Waals surface area contributed by atoms with Crippen molar-refractivity contribution in [2.45, 2.75) is 26.9 Å². The molecule has 1 heterocycles. The third-order valence-electron chi connectivity index (χ3n) is 3.58. The summed E-state index contributed by atoms with van der Waals surface area (Å²) in [6.07, 6.45) is 0. The van der Waals surface area contributed by atoms with Gasteiger partial charge in [-0.25, -0.2) is 4.98 Å². The predicted molar refractivity (Wildman–Crippen MR) is 108 cm³/mol. The second-order valence-electron chi connectivity index (χ2n) is 5.31. The van der Waals surface area contributed by atoms with Gasteiger partial charge in [0.05, 0.1) is 12.2 Å². The fourth-order valence-electron chi connectivity index (χ4n) is 2.15. The van der Waals surface area contributed by atoms with Gasteiger partial charge < -0.3 is 20.4 Å². The number of rotatable bonds is 5. The van der Waals surface area contributed by atoms with Crippen LogP contribution in [0.15, 0.2) is 33.7 Å². The Kier molecular flexibility index (Phi) is 8.39. The van der Waals surface area contributed by atoms with E-state index >= 15 is 0 Å². The maximum Gasteiger partial charge on any atom is 0.251 e. The molecule has 0 bridgehead atoms. The standard InChI is InChI=1S/C17H23N5O2.HI/c1-11-12(2)24-15(22-11)10-21-17(19-4)20-9-13-6-5-7-14(8-13)16(23)18-3;/h5-8H,9-10H2,1-4H3,(H,18,23)(H2,19,20,21);1H. The largest absolute Gasteiger partial charge is 0.444 e. The minimum absolute atomic E-state index is 0. The molecule has 0 aliphatic rings. The Hall–Kier alpha value is -2.10. The van der Waals surface area contributed by atoms with Crippen LogP contribution in [-0.4, -0.2) is 30.9 Å². The molecule has 0 unspecified atom stereocenters. The molecule has 8 heteroatoms. The molecule has 2 rings (SSSR count). The van der Waals surface area contributed by atoms with Crippen LogP contribution in [0.4, 0.5) is 0 Å². The summed E-state index contributed by atoms with van der Waals surface area (Å²) in [5, 5.41) is 8.96. The second kappa shape index (κ2) is 10.0. The monoisotopic (exact) mass is 457 g/mol. The fourth-order valence-corrected chi connectivity index (χ4v) is 2.15. The molecule has 0 atom stereocenters. The minimum Gasteiger partial charge on any atom is -0.444 e. The van der Waals surface area contributed by atoms with Gasteiger partial charge in [0.25, 0.3) is 5.91 Å². The number of hydrogen-bond donors (Lipinski definition) is 3. The maximum atomic E-state index is 11.7. The van der Waals surface area contributed by atoms with Crippen LogP contribution in [0.2, 0.25) is 0 Å². The number of nitrogens with zero attached hydrogens (tertiary/aromatic N) is 2. The molecule has 3 N–H and O–H groups in total. The van der Waals surface area contributed by atoms with E-state index in [4.69, 9.17) is 4.42 Å². The lowest BCUT2D eigenvalue weighted by atomic mass is 10.1. The summed E-state index contributed by atoms with van der Waals surface area (Å²) in [6, 6.07) is 7.44. The molecule has 7 nitrogen and oxygen atoms in total. The summed E-state index contributed by atoms with van der Waals surface area (Å²) in [6.45, 7) is 4.80. The van der Waals surface area contributed by atoms with Crippen LogP contribution in [0.5, 0.6) is 0 Å². The van der Waals surface area contributed by atoms with E-state index in [1.165, 1.54) is 0 Å². The fraction of sp³-hybridized carbons (Fsp3) is 0.353. The van der Waals surface area contributed by atoms with Gasteiger partial charge in [-0.2, -0.15) is 0 Å². The average molecular weight is 457 g/mol. The van der Waals surface area contributed by atoms with Gasteiger partial charge in [0.2, 0.25) is 5.89 Å². The molecule has 0 saturated heterocycles. The zero-order chi connectivity index (χ0) is 17.5. The van der Waals surface area contributed by atoms with Gasteiger partial charge in [0.15, 0.2) is 5.96 Å². The Morgan fingerprint density at radius 3 is 2.56 bits per heavy atom. The highest BCUT2D eigenvalue weighted by atomic mass is 127. The summed E-state index contributed by atoms with van der Waals surface area (Å²) >= 11 is 0. The molecule has 1 amide bonds. The first kappa shape index (κ1) is 20.9. The molecule has 25 heavy (non-hydrogen) atoms. The van der Waals surface area contributed by atoms with Crippen molar-refractivity contribution in [2.75, 3.05) is 14.1 Å². The van der Waals surface area contributed by atoms with Crippen molar-refractivity contribution in [3.63, 3.8) is 0 Å². The van der Waals surface area contributed by atoms with Crippen molar-refractivity contribution in [1.82, 2.24) is 20.9 Å². The smallest absolute Gasteiger partial charge is 0.251 e. The highest BCUT2D eigenvalue weighted by Gasteiger charge is 2.07. The maximum absolute atomic E-state index is 11.7. The number of guanidine groups is 1. The van der Waals surface area contributed by atoms with Gasteiger partial charge >= 0.3 is 0 Å². The number of nitrogens with one attached hydrogen (secondary N) is 3. The van der Waals surface area contributed by atoms with Crippen LogP contribution < -0.4 is 16.0 Å². The summed E-state index contributed by atoms with van der Waals surface area (Å²) in [4.78, 5) is 20.1. The first-order valence-electron chi connectivity index (χ1n) is 7.72. The van der Waals surface area contributed by atoms with Crippen LogP contribution in [-0.2, 0) is 13.1 Å². The number of halogens is 1. The SMILES string of the molecule is CN=C(NCc1cccc(C(=O)NC)c1)NCc1nc(C)c(C)o1.I. The molecular formula is C17H24IN5O2. The third kappa shape index (κ3) is 6.04. The molecule has 1 aromatic heterocycles. The van der Waals surface area contributed by atoms with E-state index in [9.17, 15) is 4.79 Å². The molecule has 2 aromatic rings. The van der Waals surface area contributed by atoms with Crippen LogP contribution in [0, 0.1) is 13.8 Å². The number of amides is 1. The summed E-state index contributed by atoms with van der Waals surface area (Å²) < 4.78 is 5.53. The van der Waals surface area contributed by atoms with E-state index in [-0.39, 0.29) is 29.9 Å². The normalized spacial score (nSPS) is 10.8. The lowest BCUT2D eigenvalue weighted by Gasteiger charge is -2.11. The topological polar surface area (TPSA) is 91.5 Å². The first-order chi connectivity index (χ1) is 11.5. The highest BCUT2D eigenvalue weighted by molar-refractivity contribution is 14.0. The lowest BCUT2D eigenvalue weighted by molar-refractivity contribution is 0.0963. The van der Waals surface area contributed by atoms with E-state index in [0.717, 1.165) is 17.0 Å². The number of hydrogen-bond acceptors (Lipinski definition) is 4. The van der Waals surface area contributed by atoms with E-state index in [1.54, 1.807) is 20.2 Å². The third-order valence-corrected chi connectivity index (χ3v) is 3.58. The average Bonchev–Trinajstić information content (AvgIpc) is 2.92. The molecule has 0 radical (unpaired) electrons. The van der Waals surface area contributed by atoms with Crippen molar-refractivity contribution in [3.8, 4) is 0 Å². The Balaban J connectivity index is 0.00000312. The quantitative estimate of drug-likeness (QED) is 0.364. The minimum atomic E-state index is -0.103. The number of carbonyl (C=O) groups is 1. The Morgan fingerprint density at radius 2 is 1.96 bits per heavy atom. The van der Waals surface area contributed by atoms with Crippen LogP contribution in [0.3, 0.4) is 0 Å². The number of benzene rings is 1. The first-order valence-corrected chi connectivity index (χ1v) is 7.72. The summed E-state index contributed by atoms with van der Waals surface area (Å²) in [5.74, 6) is 1.97. The molecule has 0 aliphatic heterocycles. The van der Waals surface area contributed by atoms with E-state index in [0.29, 0.717) is 30.5 Å². The summed E-state index contributed by atoms with van der Waals surface area (Å²) in [5.41, 5.74) is 2.51. The van der Waals surface area contributed by atoms with Crippen LogP contribution in [0.1, 0.15) is 33.3 Å². The van der Waals surface area contributed by atoms with Crippen molar-refractivity contribution in [2.24, 2.45) is 4.99 Å². The Labute approximate surface area is 164 Å². The second-order valence-corrected chi connectivity index (χ2v) is 5.31. The summed E-state index contributed by atoms with van der Waals surface area (Å²) in [7, 11) is 3.31. The molecule has 0 fully saturated rings. The van der Waals surface area contributed by atoms with E-state index in [1.807, 2.05) is 32.0 Å². The van der Waals surface area contributed by atoms with Crippen LogP contribution >= 0.6 is 24.0 Å².